The van der Waals surface area contributed by atoms with Crippen LogP contribution in [0, 0.1) is 41.5 Å². The Balaban J connectivity index is 0.00000104. The van der Waals surface area contributed by atoms with Crippen LogP contribution in [0.4, 0.5) is 0 Å². The summed E-state index contributed by atoms with van der Waals surface area (Å²) in [5.74, 6) is 0.743. The summed E-state index contributed by atoms with van der Waals surface area (Å²) in [6.45, 7) is 20.0. The topological polar surface area (TPSA) is 40.5 Å². The first-order valence-corrected chi connectivity index (χ1v) is 9.27. The van der Waals surface area contributed by atoms with Gasteiger partial charge in [0.2, 0.25) is 0 Å². The fourth-order valence-corrected chi connectivity index (χ4v) is 2.70. The average molecular weight is 345 g/mol. The number of aryl methyl sites for hydroxylation is 2. The van der Waals surface area contributed by atoms with Gasteiger partial charge < -0.3 is 10.2 Å². The largest absolute Gasteiger partial charge is 0.507 e. The van der Waals surface area contributed by atoms with Crippen molar-refractivity contribution in [2.24, 2.45) is 0 Å². The lowest BCUT2D eigenvalue weighted by molar-refractivity contribution is 0.465. The number of benzene rings is 2. The lowest BCUT2D eigenvalue weighted by atomic mass is 9.88. The summed E-state index contributed by atoms with van der Waals surface area (Å²) in [6, 6.07) is 4.05. The van der Waals surface area contributed by atoms with E-state index in [2.05, 4.69) is 13.8 Å². The van der Waals surface area contributed by atoms with Gasteiger partial charge in [-0.25, -0.2) is 0 Å². The van der Waals surface area contributed by atoms with Gasteiger partial charge in [0.15, 0.2) is 0 Å². The molecule has 0 fully saturated rings. The molecule has 0 bridgehead atoms. The summed E-state index contributed by atoms with van der Waals surface area (Å²) in [5.41, 5.74) is 8.02. The lowest BCUT2D eigenvalue weighted by Crippen LogP contribution is -1.96. The summed E-state index contributed by atoms with van der Waals surface area (Å²) in [5, 5.41) is 20.1. The molecule has 0 aliphatic rings. The maximum Gasteiger partial charge on any atom is 0.121 e. The quantitative estimate of drug-likeness (QED) is 0.581. The van der Waals surface area contributed by atoms with Crippen LogP contribution in [0.25, 0.3) is 11.1 Å². The van der Waals surface area contributed by atoms with Gasteiger partial charge >= 0.3 is 0 Å². The number of phenolic OH excluding ortho intramolecular Hbond substituents is 2. The molecule has 2 aromatic carbocycles. The van der Waals surface area contributed by atoms with E-state index in [9.17, 15) is 10.2 Å². The summed E-state index contributed by atoms with van der Waals surface area (Å²) < 4.78 is 0. The zero-order valence-electron chi connectivity index (χ0n) is 17.8. The van der Waals surface area contributed by atoms with E-state index >= 15 is 0 Å². The van der Waals surface area contributed by atoms with E-state index in [0.717, 1.165) is 44.5 Å². The van der Waals surface area contributed by atoms with Crippen LogP contribution in [0.3, 0.4) is 0 Å². The molecule has 0 unspecified atom stereocenters. The van der Waals surface area contributed by atoms with Gasteiger partial charge in [-0.3, -0.25) is 0 Å². The molecule has 2 N–H and O–H groups in total. The van der Waals surface area contributed by atoms with Crippen LogP contribution in [0.2, 0.25) is 0 Å². The molecule has 2 aromatic rings. The monoisotopic (exact) mass is 344 g/mol. The van der Waals surface area contributed by atoms with Gasteiger partial charge in [-0.2, -0.15) is 0 Å². The Morgan fingerprint density at radius 2 is 0.840 bits per heavy atom. The molecule has 2 rings (SSSR count). The standard InChI is InChI=1S/C18H22O2.C3H8.C2H6/c1-9-7-15(11(3)13(5)17(9)19)16-8-10(2)18(20)14(6)12(16)4;1-3-2;1-2/h7-8,19-20H,1-6H3;3H2,1-2H3;1-2H3. The number of hydrogen-bond acceptors (Lipinski definition) is 2. The number of hydrogen-bond donors (Lipinski definition) is 2. The molecule has 2 nitrogen and oxygen atoms in total. The van der Waals surface area contributed by atoms with Gasteiger partial charge in [0.25, 0.3) is 0 Å². The van der Waals surface area contributed by atoms with Crippen LogP contribution >= 0.6 is 0 Å². The minimum Gasteiger partial charge on any atom is -0.507 e. The van der Waals surface area contributed by atoms with Crippen LogP contribution in [0.5, 0.6) is 11.5 Å². The molecular formula is C23H36O2. The molecule has 0 heterocycles. The zero-order valence-corrected chi connectivity index (χ0v) is 17.8. The fourth-order valence-electron chi connectivity index (χ4n) is 2.70. The number of aromatic hydroxyl groups is 2. The van der Waals surface area contributed by atoms with Gasteiger partial charge in [-0.1, -0.05) is 34.1 Å². The molecule has 0 aliphatic carbocycles. The highest BCUT2D eigenvalue weighted by Gasteiger charge is 2.15. The first kappa shape index (κ1) is 23.0. The summed E-state index contributed by atoms with van der Waals surface area (Å²) in [6.07, 6.45) is 1.25. The molecule has 0 aromatic heterocycles. The maximum absolute atomic E-state index is 10.0. The highest BCUT2D eigenvalue weighted by atomic mass is 16.3. The van der Waals surface area contributed by atoms with E-state index < -0.39 is 0 Å². The summed E-state index contributed by atoms with van der Waals surface area (Å²) >= 11 is 0. The first-order valence-electron chi connectivity index (χ1n) is 9.27. The van der Waals surface area contributed by atoms with Crippen molar-refractivity contribution in [3.8, 4) is 22.6 Å². The molecule has 0 saturated carbocycles. The predicted molar refractivity (Wildman–Crippen MR) is 111 cm³/mol. The Bertz CT molecular complexity index is 652. The highest BCUT2D eigenvalue weighted by Crippen LogP contribution is 2.38. The second-order valence-electron chi connectivity index (χ2n) is 6.39. The van der Waals surface area contributed by atoms with Crippen molar-refractivity contribution in [1.82, 2.24) is 0 Å². The molecule has 25 heavy (non-hydrogen) atoms. The van der Waals surface area contributed by atoms with Gasteiger partial charge in [0.1, 0.15) is 11.5 Å². The molecule has 0 atom stereocenters. The smallest absolute Gasteiger partial charge is 0.121 e. The molecule has 0 aliphatic heterocycles. The zero-order chi connectivity index (χ0) is 19.9. The molecule has 2 heteroatoms. The number of phenols is 2. The van der Waals surface area contributed by atoms with Gasteiger partial charge in [-0.15, -0.1) is 0 Å². The third-order valence-corrected chi connectivity index (χ3v) is 4.40. The molecule has 140 valence electrons. The average Bonchev–Trinajstić information content (AvgIpc) is 2.60. The summed E-state index contributed by atoms with van der Waals surface area (Å²) in [4.78, 5) is 0. The van der Waals surface area contributed by atoms with Crippen molar-refractivity contribution in [2.45, 2.75) is 75.7 Å². The van der Waals surface area contributed by atoms with Crippen molar-refractivity contribution < 1.29 is 10.2 Å². The molecule has 0 spiro atoms. The minimum absolute atomic E-state index is 0.371. The van der Waals surface area contributed by atoms with Crippen molar-refractivity contribution in [3.05, 3.63) is 45.5 Å². The van der Waals surface area contributed by atoms with Crippen molar-refractivity contribution in [1.29, 1.82) is 0 Å². The lowest BCUT2D eigenvalue weighted by Gasteiger charge is -2.18. The van der Waals surface area contributed by atoms with Crippen LogP contribution < -0.4 is 0 Å². The Morgan fingerprint density at radius 1 is 0.600 bits per heavy atom. The van der Waals surface area contributed by atoms with Crippen LogP contribution in [0.15, 0.2) is 12.1 Å². The second-order valence-corrected chi connectivity index (χ2v) is 6.39. The molecule has 0 radical (unpaired) electrons. The van der Waals surface area contributed by atoms with E-state index in [4.69, 9.17) is 0 Å². The highest BCUT2D eigenvalue weighted by molar-refractivity contribution is 5.76. The van der Waals surface area contributed by atoms with Crippen molar-refractivity contribution in [2.75, 3.05) is 0 Å². The Morgan fingerprint density at radius 3 is 1.08 bits per heavy atom. The Labute approximate surface area is 154 Å². The fraction of sp³-hybridized carbons (Fsp3) is 0.478. The van der Waals surface area contributed by atoms with E-state index in [0.29, 0.717) is 11.5 Å². The SMILES string of the molecule is CC.CCC.Cc1cc(-c2cc(C)c(O)c(C)c2C)c(C)c(C)c1O. The normalized spacial score (nSPS) is 9.68. The Kier molecular flexibility index (Phi) is 9.33. The van der Waals surface area contributed by atoms with Crippen molar-refractivity contribution >= 4 is 0 Å². The van der Waals surface area contributed by atoms with E-state index in [1.165, 1.54) is 6.42 Å². The maximum atomic E-state index is 10.0. The van der Waals surface area contributed by atoms with Crippen LogP contribution in [0.1, 0.15) is 67.5 Å². The van der Waals surface area contributed by atoms with E-state index in [1.54, 1.807) is 0 Å². The van der Waals surface area contributed by atoms with Gasteiger partial charge in [-0.05, 0) is 98.2 Å². The first-order chi connectivity index (χ1) is 11.7. The van der Waals surface area contributed by atoms with Crippen LogP contribution in [-0.2, 0) is 0 Å². The predicted octanol–water partition coefficient (Wildman–Crippen LogP) is 7.06. The number of rotatable bonds is 1. The molecule has 0 amide bonds. The van der Waals surface area contributed by atoms with E-state index in [-0.39, 0.29) is 0 Å². The third-order valence-electron chi connectivity index (χ3n) is 4.40. The third kappa shape index (κ3) is 5.01. The van der Waals surface area contributed by atoms with Crippen molar-refractivity contribution in [3.63, 3.8) is 0 Å². The summed E-state index contributed by atoms with van der Waals surface area (Å²) in [7, 11) is 0. The van der Waals surface area contributed by atoms with Gasteiger partial charge in [0.05, 0.1) is 0 Å². The van der Waals surface area contributed by atoms with Gasteiger partial charge in [0, 0.05) is 0 Å². The van der Waals surface area contributed by atoms with E-state index in [1.807, 2.05) is 67.5 Å². The molecular weight excluding hydrogens is 308 g/mol. The minimum atomic E-state index is 0.371. The second kappa shape index (κ2) is 10.1. The molecule has 0 saturated heterocycles. The Hall–Kier alpha value is -1.96. The van der Waals surface area contributed by atoms with Crippen LogP contribution in [-0.4, -0.2) is 10.2 Å².